The molecule has 3 N–H and O–H groups in total. The number of aliphatic hydroxyl groups is 2. The van der Waals surface area contributed by atoms with Crippen molar-refractivity contribution in [1.29, 1.82) is 0 Å². The number of aliphatic hydroxyl groups excluding tert-OH is 1. The summed E-state index contributed by atoms with van der Waals surface area (Å²) >= 11 is 0. The number of hydrogen-bond acceptors (Lipinski definition) is 3. The second-order valence-corrected chi connectivity index (χ2v) is 4.45. The van der Waals surface area contributed by atoms with Crippen molar-refractivity contribution in [2.75, 3.05) is 0 Å². The lowest BCUT2D eigenvalue weighted by Crippen LogP contribution is -2.05. The van der Waals surface area contributed by atoms with E-state index < -0.39 is 6.29 Å². The highest BCUT2D eigenvalue weighted by atomic mass is 16.5. The Labute approximate surface area is 104 Å². The standard InChI is InChI=1S/C14H14N2O2/c17-14(18)4-2-9-1-3-10-11-8-15-6-5-12(11)16-13(10)7-9/h1,3,5-8,14,16-18H,2,4H2. The molecule has 18 heavy (non-hydrogen) atoms. The summed E-state index contributed by atoms with van der Waals surface area (Å²) in [6.07, 6.45) is 3.38. The summed E-state index contributed by atoms with van der Waals surface area (Å²) in [5.74, 6) is 0. The number of benzene rings is 1. The van der Waals surface area contributed by atoms with Crippen molar-refractivity contribution in [1.82, 2.24) is 9.97 Å². The summed E-state index contributed by atoms with van der Waals surface area (Å²) in [7, 11) is 0. The molecule has 0 bridgehead atoms. The molecule has 0 amide bonds. The minimum absolute atomic E-state index is 0.354. The number of rotatable bonds is 3. The molecule has 4 heteroatoms. The molecule has 0 radical (unpaired) electrons. The second kappa shape index (κ2) is 4.40. The smallest absolute Gasteiger partial charge is 0.151 e. The van der Waals surface area contributed by atoms with E-state index in [4.69, 9.17) is 10.2 Å². The minimum Gasteiger partial charge on any atom is -0.368 e. The predicted molar refractivity (Wildman–Crippen MR) is 70.1 cm³/mol. The van der Waals surface area contributed by atoms with E-state index in [0.717, 1.165) is 27.4 Å². The zero-order chi connectivity index (χ0) is 12.5. The van der Waals surface area contributed by atoms with Crippen LogP contribution < -0.4 is 0 Å². The monoisotopic (exact) mass is 242 g/mol. The normalized spacial score (nSPS) is 11.7. The summed E-state index contributed by atoms with van der Waals surface area (Å²) in [5, 5.41) is 20.0. The molecule has 0 aliphatic heterocycles. The molecule has 0 atom stereocenters. The van der Waals surface area contributed by atoms with E-state index in [1.54, 1.807) is 6.20 Å². The third-order valence-electron chi connectivity index (χ3n) is 3.16. The van der Waals surface area contributed by atoms with Gasteiger partial charge in [0.05, 0.1) is 0 Å². The number of hydrogen-bond donors (Lipinski definition) is 3. The van der Waals surface area contributed by atoms with E-state index in [2.05, 4.69) is 22.1 Å². The highest BCUT2D eigenvalue weighted by Gasteiger charge is 2.05. The number of aromatic amines is 1. The predicted octanol–water partition coefficient (Wildman–Crippen LogP) is 1.96. The van der Waals surface area contributed by atoms with Crippen molar-refractivity contribution >= 4 is 21.8 Å². The summed E-state index contributed by atoms with van der Waals surface area (Å²) in [6, 6.07) is 8.07. The van der Waals surface area contributed by atoms with Crippen molar-refractivity contribution in [3.8, 4) is 0 Å². The van der Waals surface area contributed by atoms with Crippen LogP contribution in [0.25, 0.3) is 21.8 Å². The molecular formula is C14H14N2O2. The van der Waals surface area contributed by atoms with Crippen molar-refractivity contribution in [3.63, 3.8) is 0 Å². The lowest BCUT2D eigenvalue weighted by atomic mass is 10.1. The van der Waals surface area contributed by atoms with Gasteiger partial charge in [-0.3, -0.25) is 4.98 Å². The van der Waals surface area contributed by atoms with Crippen molar-refractivity contribution in [3.05, 3.63) is 42.2 Å². The molecule has 1 aromatic carbocycles. The number of nitrogens with zero attached hydrogens (tertiary/aromatic N) is 1. The van der Waals surface area contributed by atoms with E-state index in [1.165, 1.54) is 0 Å². The summed E-state index contributed by atoms with van der Waals surface area (Å²) in [4.78, 5) is 7.47. The Morgan fingerprint density at radius 1 is 1.11 bits per heavy atom. The van der Waals surface area contributed by atoms with Gasteiger partial charge in [0.2, 0.25) is 0 Å². The molecule has 3 rings (SSSR count). The molecule has 0 fully saturated rings. The number of pyridine rings is 1. The SMILES string of the molecule is OC(O)CCc1ccc2c(c1)[nH]c1ccncc12. The molecular weight excluding hydrogens is 228 g/mol. The third-order valence-corrected chi connectivity index (χ3v) is 3.16. The number of nitrogens with one attached hydrogen (secondary N) is 1. The van der Waals surface area contributed by atoms with Crippen LogP contribution in [0.3, 0.4) is 0 Å². The Morgan fingerprint density at radius 2 is 2.00 bits per heavy atom. The highest BCUT2D eigenvalue weighted by Crippen LogP contribution is 2.25. The molecule has 0 saturated heterocycles. The maximum Gasteiger partial charge on any atom is 0.151 e. The van der Waals surface area contributed by atoms with Crippen molar-refractivity contribution < 1.29 is 10.2 Å². The van der Waals surface area contributed by atoms with Gasteiger partial charge in [-0.15, -0.1) is 0 Å². The molecule has 3 aromatic rings. The van der Waals surface area contributed by atoms with E-state index in [-0.39, 0.29) is 0 Å². The Bertz CT molecular complexity index is 688. The van der Waals surface area contributed by atoms with Gasteiger partial charge in [-0.05, 0) is 24.1 Å². The Morgan fingerprint density at radius 3 is 2.83 bits per heavy atom. The first kappa shape index (κ1) is 11.2. The van der Waals surface area contributed by atoms with Gasteiger partial charge >= 0.3 is 0 Å². The summed E-state index contributed by atoms with van der Waals surface area (Å²) in [5.41, 5.74) is 3.22. The van der Waals surface area contributed by atoms with Crippen LogP contribution in [0, 0.1) is 0 Å². The number of aromatic nitrogens is 2. The number of fused-ring (bicyclic) bond motifs is 3. The first-order chi connectivity index (χ1) is 8.74. The van der Waals surface area contributed by atoms with Crippen LogP contribution in [-0.2, 0) is 6.42 Å². The van der Waals surface area contributed by atoms with Crippen LogP contribution in [-0.4, -0.2) is 26.5 Å². The molecule has 0 unspecified atom stereocenters. The average molecular weight is 242 g/mol. The average Bonchev–Trinajstić information content (AvgIpc) is 2.73. The minimum atomic E-state index is -1.24. The van der Waals surface area contributed by atoms with Gasteiger partial charge in [0.15, 0.2) is 6.29 Å². The molecule has 0 aliphatic rings. The maximum absolute atomic E-state index is 8.88. The zero-order valence-electron chi connectivity index (χ0n) is 9.80. The van der Waals surface area contributed by atoms with Gasteiger partial charge in [0.25, 0.3) is 0 Å². The summed E-state index contributed by atoms with van der Waals surface area (Å²) in [6.45, 7) is 0. The largest absolute Gasteiger partial charge is 0.368 e. The van der Waals surface area contributed by atoms with Gasteiger partial charge < -0.3 is 15.2 Å². The van der Waals surface area contributed by atoms with Crippen molar-refractivity contribution in [2.45, 2.75) is 19.1 Å². The molecule has 92 valence electrons. The Balaban J connectivity index is 2.04. The first-order valence-corrected chi connectivity index (χ1v) is 5.94. The van der Waals surface area contributed by atoms with Crippen LogP contribution in [0.2, 0.25) is 0 Å². The Hall–Kier alpha value is -1.91. The first-order valence-electron chi connectivity index (χ1n) is 5.94. The van der Waals surface area contributed by atoms with Gasteiger partial charge in [-0.25, -0.2) is 0 Å². The van der Waals surface area contributed by atoms with Crippen LogP contribution in [0.1, 0.15) is 12.0 Å². The Kier molecular flexibility index (Phi) is 2.74. The lowest BCUT2D eigenvalue weighted by molar-refractivity contribution is -0.0446. The van der Waals surface area contributed by atoms with Gasteiger partial charge in [-0.1, -0.05) is 12.1 Å². The molecule has 0 spiro atoms. The van der Waals surface area contributed by atoms with Crippen molar-refractivity contribution in [2.24, 2.45) is 0 Å². The fraction of sp³-hybridized carbons (Fsp3) is 0.214. The quantitative estimate of drug-likeness (QED) is 0.615. The highest BCUT2D eigenvalue weighted by molar-refractivity contribution is 6.06. The van der Waals surface area contributed by atoms with Gasteiger partial charge in [-0.2, -0.15) is 0 Å². The van der Waals surface area contributed by atoms with Crippen LogP contribution >= 0.6 is 0 Å². The van der Waals surface area contributed by atoms with Crippen LogP contribution in [0.5, 0.6) is 0 Å². The van der Waals surface area contributed by atoms with E-state index in [9.17, 15) is 0 Å². The molecule has 2 heterocycles. The molecule has 2 aromatic heterocycles. The van der Waals surface area contributed by atoms with E-state index in [1.807, 2.05) is 18.3 Å². The summed E-state index contributed by atoms with van der Waals surface area (Å²) < 4.78 is 0. The van der Waals surface area contributed by atoms with Crippen LogP contribution in [0.15, 0.2) is 36.7 Å². The fourth-order valence-electron chi connectivity index (χ4n) is 2.24. The number of aryl methyl sites for hydroxylation is 1. The van der Waals surface area contributed by atoms with E-state index in [0.29, 0.717) is 12.8 Å². The van der Waals surface area contributed by atoms with Gasteiger partial charge in [0, 0.05) is 40.6 Å². The topological polar surface area (TPSA) is 69.1 Å². The third kappa shape index (κ3) is 1.96. The van der Waals surface area contributed by atoms with E-state index >= 15 is 0 Å². The van der Waals surface area contributed by atoms with Crippen LogP contribution in [0.4, 0.5) is 0 Å². The molecule has 4 nitrogen and oxygen atoms in total. The molecule has 0 saturated carbocycles. The second-order valence-electron chi connectivity index (χ2n) is 4.45. The number of H-pyrrole nitrogens is 1. The maximum atomic E-state index is 8.88. The lowest BCUT2D eigenvalue weighted by Gasteiger charge is -2.03. The fourth-order valence-corrected chi connectivity index (χ4v) is 2.24. The molecule has 0 aliphatic carbocycles. The van der Waals surface area contributed by atoms with Gasteiger partial charge in [0.1, 0.15) is 0 Å². The zero-order valence-corrected chi connectivity index (χ0v) is 9.80.